The molecule has 0 amide bonds. The number of hydrogen-bond acceptors (Lipinski definition) is 1. The Morgan fingerprint density at radius 1 is 1.12 bits per heavy atom. The lowest BCUT2D eigenvalue weighted by Gasteiger charge is -1.76. The third-order valence-corrected chi connectivity index (χ3v) is 0.789. The molecule has 2 heteroatoms. The van der Waals surface area contributed by atoms with Gasteiger partial charge in [0.05, 0.1) is 0 Å². The van der Waals surface area contributed by atoms with Gasteiger partial charge in [-0.15, -0.1) is 0 Å². The fourth-order valence-electron chi connectivity index (χ4n) is 0. The third kappa shape index (κ3) is 37.1. The van der Waals surface area contributed by atoms with Crippen molar-refractivity contribution in [3.8, 4) is 0 Å². The van der Waals surface area contributed by atoms with Crippen LogP contribution in [0.15, 0.2) is 0 Å². The zero-order valence-electron chi connectivity index (χ0n) is 6.53. The lowest BCUT2D eigenvalue weighted by molar-refractivity contribution is 0.375. The first kappa shape index (κ1) is 10.9. The molecule has 0 unspecified atom stereocenters. The fraction of sp³-hybridized carbons (Fsp3) is 1.00. The normalized spacial score (nSPS) is 7.38. The Kier molecular flexibility index (Phi) is 21.5. The average molecular weight is 116 g/mol. The molecule has 50 valence electrons. The second kappa shape index (κ2) is 15.7. The van der Waals surface area contributed by atoms with Crippen LogP contribution in [-0.2, 0) is 4.65 Å². The largest absolute Gasteiger partial charge is 0.444 e. The van der Waals surface area contributed by atoms with Gasteiger partial charge in [-0.2, -0.15) is 0 Å². The lowest BCUT2D eigenvalue weighted by Crippen LogP contribution is -1.76. The Hall–Kier alpha value is 0.0249. The van der Waals surface area contributed by atoms with Crippen LogP contribution in [0, 0.1) is 0 Å². The molecule has 0 saturated carbocycles. The predicted octanol–water partition coefficient (Wildman–Crippen LogP) is 1.38. The first-order valence-corrected chi connectivity index (χ1v) is 3.32. The molecular weight excluding hydrogens is 98.9 g/mol. The Morgan fingerprint density at radius 3 is 1.38 bits per heavy atom. The van der Waals surface area contributed by atoms with E-state index in [9.17, 15) is 0 Å². The van der Waals surface area contributed by atoms with Crippen molar-refractivity contribution in [2.24, 2.45) is 0 Å². The fourth-order valence-corrected chi connectivity index (χ4v) is 0. The highest BCUT2D eigenvalue weighted by Crippen LogP contribution is 1.76. The Labute approximate surface area is 53.9 Å². The van der Waals surface area contributed by atoms with Crippen LogP contribution in [0.5, 0.6) is 0 Å². The highest BCUT2D eigenvalue weighted by Gasteiger charge is 1.56. The second-order valence-electron chi connectivity index (χ2n) is 1.58. The van der Waals surface area contributed by atoms with Crippen LogP contribution < -0.4 is 0 Å². The van der Waals surface area contributed by atoms with Crippen molar-refractivity contribution in [2.45, 2.75) is 33.6 Å². The van der Waals surface area contributed by atoms with Gasteiger partial charge in [-0.25, -0.2) is 0 Å². The summed E-state index contributed by atoms with van der Waals surface area (Å²) in [6.07, 6.45) is 2.64. The van der Waals surface area contributed by atoms with Gasteiger partial charge in [0.1, 0.15) is 0 Å². The molecule has 1 nitrogen and oxygen atoms in total. The summed E-state index contributed by atoms with van der Waals surface area (Å²) in [5.41, 5.74) is 0. The zero-order valence-corrected chi connectivity index (χ0v) is 6.53. The number of rotatable bonds is 2. The van der Waals surface area contributed by atoms with Gasteiger partial charge in [0, 0.05) is 6.61 Å². The summed E-state index contributed by atoms with van der Waals surface area (Å²) >= 11 is 0. The first-order valence-electron chi connectivity index (χ1n) is 3.32. The minimum Gasteiger partial charge on any atom is -0.444 e. The van der Waals surface area contributed by atoms with Crippen molar-refractivity contribution < 1.29 is 4.65 Å². The van der Waals surface area contributed by atoms with Crippen molar-refractivity contribution in [3.63, 3.8) is 0 Å². The van der Waals surface area contributed by atoms with E-state index in [1.165, 1.54) is 12.8 Å². The molecule has 0 saturated heterocycles. The van der Waals surface area contributed by atoms with E-state index in [1.54, 1.807) is 8.05 Å². The summed E-state index contributed by atoms with van der Waals surface area (Å²) < 4.78 is 4.54. The van der Waals surface area contributed by atoms with E-state index in [0.29, 0.717) is 0 Å². The summed E-state index contributed by atoms with van der Waals surface area (Å²) in [5.74, 6) is 0. The maximum atomic E-state index is 4.54. The minimum absolute atomic E-state index is 0.819. The van der Waals surface area contributed by atoms with Crippen molar-refractivity contribution in [3.05, 3.63) is 0 Å². The van der Waals surface area contributed by atoms with Crippen LogP contribution >= 0.6 is 0 Å². The molecule has 0 heterocycles. The smallest absolute Gasteiger partial charge is 0.257 e. The van der Waals surface area contributed by atoms with Gasteiger partial charge in [-0.05, 0) is 6.92 Å². The van der Waals surface area contributed by atoms with Crippen LogP contribution in [0.2, 0.25) is 0 Å². The molecule has 0 atom stereocenters. The van der Waals surface area contributed by atoms with Gasteiger partial charge in [-0.1, -0.05) is 26.7 Å². The predicted molar refractivity (Wildman–Crippen MR) is 40.8 cm³/mol. The first-order chi connectivity index (χ1) is 3.83. The van der Waals surface area contributed by atoms with Crippen molar-refractivity contribution in [1.29, 1.82) is 0 Å². The van der Waals surface area contributed by atoms with Gasteiger partial charge >= 0.3 is 0 Å². The number of hydrogen-bond donors (Lipinski definition) is 0. The van der Waals surface area contributed by atoms with E-state index in [-0.39, 0.29) is 0 Å². The molecule has 0 spiro atoms. The molecule has 0 aliphatic carbocycles. The van der Waals surface area contributed by atoms with Crippen LogP contribution in [0.4, 0.5) is 0 Å². The molecule has 0 bridgehead atoms. The molecule has 8 heavy (non-hydrogen) atoms. The van der Waals surface area contributed by atoms with E-state index in [4.69, 9.17) is 0 Å². The van der Waals surface area contributed by atoms with Crippen LogP contribution in [-0.4, -0.2) is 14.7 Å². The van der Waals surface area contributed by atoms with E-state index in [2.05, 4.69) is 18.5 Å². The van der Waals surface area contributed by atoms with E-state index in [1.807, 2.05) is 6.92 Å². The molecule has 0 aliphatic rings. The van der Waals surface area contributed by atoms with Crippen molar-refractivity contribution >= 4 is 8.05 Å². The summed E-state index contributed by atoms with van der Waals surface area (Å²) in [6.45, 7) is 7.14. The molecule has 0 aliphatic heterocycles. The topological polar surface area (TPSA) is 9.23 Å². The second-order valence-corrected chi connectivity index (χ2v) is 1.58. The van der Waals surface area contributed by atoms with Crippen LogP contribution in [0.25, 0.3) is 0 Å². The minimum atomic E-state index is 0.819. The molecule has 0 aromatic heterocycles. The maximum Gasteiger partial charge on any atom is 0.257 e. The molecular formula is C6H17BO. The molecule has 0 rings (SSSR count). The van der Waals surface area contributed by atoms with Gasteiger partial charge < -0.3 is 4.65 Å². The Bertz CT molecular complexity index is 16.5. The Morgan fingerprint density at radius 2 is 1.38 bits per heavy atom. The standard InChI is InChI=1S/C4H10.C2H7BO/c1-3-4-2;1-2-4-3/h3-4H2,1-2H3;2-3H2,1H3. The molecule has 0 aromatic rings. The van der Waals surface area contributed by atoms with E-state index in [0.717, 1.165) is 6.61 Å². The van der Waals surface area contributed by atoms with Crippen molar-refractivity contribution in [2.75, 3.05) is 6.61 Å². The Balaban J connectivity index is 0. The van der Waals surface area contributed by atoms with Gasteiger partial charge in [0.25, 0.3) is 8.05 Å². The number of unbranched alkanes of at least 4 members (excludes halogenated alkanes) is 1. The zero-order chi connectivity index (χ0) is 6.83. The summed E-state index contributed by atoms with van der Waals surface area (Å²) in [5, 5.41) is 0. The lowest BCUT2D eigenvalue weighted by atomic mass is 10.4. The SMILES string of the molecule is BOCC.CCCC. The third-order valence-electron chi connectivity index (χ3n) is 0.789. The molecule has 0 N–H and O–H groups in total. The highest BCUT2D eigenvalue weighted by molar-refractivity contribution is 5.97. The van der Waals surface area contributed by atoms with Crippen molar-refractivity contribution in [1.82, 2.24) is 0 Å². The quantitative estimate of drug-likeness (QED) is 0.495. The van der Waals surface area contributed by atoms with Gasteiger partial charge in [0.15, 0.2) is 0 Å². The van der Waals surface area contributed by atoms with Crippen LogP contribution in [0.3, 0.4) is 0 Å². The monoisotopic (exact) mass is 116 g/mol. The van der Waals surface area contributed by atoms with E-state index < -0.39 is 0 Å². The maximum absolute atomic E-state index is 4.54. The van der Waals surface area contributed by atoms with Gasteiger partial charge in [-0.3, -0.25) is 0 Å². The summed E-state index contributed by atoms with van der Waals surface area (Å²) in [4.78, 5) is 0. The molecule has 0 fully saturated rings. The summed E-state index contributed by atoms with van der Waals surface area (Å²) in [6, 6.07) is 0. The highest BCUT2D eigenvalue weighted by atomic mass is 16.4. The average Bonchev–Trinajstić information content (AvgIpc) is 1.88. The summed E-state index contributed by atoms with van der Waals surface area (Å²) in [7, 11) is 1.68. The molecule has 0 radical (unpaired) electrons. The molecule has 0 aromatic carbocycles. The van der Waals surface area contributed by atoms with E-state index >= 15 is 0 Å². The van der Waals surface area contributed by atoms with Crippen LogP contribution in [0.1, 0.15) is 33.6 Å². The van der Waals surface area contributed by atoms with Gasteiger partial charge in [0.2, 0.25) is 0 Å².